The largest absolute Gasteiger partial charge is 0.459 e. The summed E-state index contributed by atoms with van der Waals surface area (Å²) in [6.45, 7) is 12.9. The predicted molar refractivity (Wildman–Crippen MR) is 80.0 cm³/mol. The van der Waals surface area contributed by atoms with Crippen molar-refractivity contribution >= 4 is 5.97 Å². The summed E-state index contributed by atoms with van der Waals surface area (Å²) >= 11 is 0. The number of hydrogen-bond donors (Lipinski definition) is 0. The number of rotatable bonds is 5. The molecule has 0 N–H and O–H groups in total. The fraction of sp³-hybridized carbons (Fsp3) is 0.941. The van der Waals surface area contributed by atoms with Crippen LogP contribution in [0.1, 0.15) is 80.1 Å². The maximum absolute atomic E-state index is 12.6. The molecule has 1 atom stereocenters. The molecule has 2 nitrogen and oxygen atoms in total. The van der Waals surface area contributed by atoms with Crippen LogP contribution in [0.25, 0.3) is 0 Å². The maximum Gasteiger partial charge on any atom is 0.310 e. The van der Waals surface area contributed by atoms with E-state index in [2.05, 4.69) is 41.5 Å². The highest BCUT2D eigenvalue weighted by molar-refractivity contribution is 5.73. The van der Waals surface area contributed by atoms with Gasteiger partial charge in [0.1, 0.15) is 5.60 Å². The molecule has 0 aliphatic heterocycles. The number of hydrogen-bond acceptors (Lipinski definition) is 2. The summed E-state index contributed by atoms with van der Waals surface area (Å²) in [7, 11) is 0. The lowest BCUT2D eigenvalue weighted by Crippen LogP contribution is -2.38. The highest BCUT2D eigenvalue weighted by Gasteiger charge is 2.40. The Morgan fingerprint density at radius 2 is 1.74 bits per heavy atom. The standard InChI is InChI=1S/C17H32O2/c1-7-17(10-8-9-11-17)19-15(18)14(12-13(2)3)16(4,5)6/h13-14H,7-12H2,1-6H3/t14-/m1/s1. The van der Waals surface area contributed by atoms with Crippen LogP contribution in [0.4, 0.5) is 0 Å². The second-order valence-electron chi connectivity index (χ2n) is 7.71. The zero-order valence-corrected chi connectivity index (χ0v) is 13.7. The third-order valence-electron chi connectivity index (χ3n) is 4.51. The van der Waals surface area contributed by atoms with E-state index in [0.717, 1.165) is 25.7 Å². The molecule has 0 heterocycles. The van der Waals surface area contributed by atoms with Gasteiger partial charge in [-0.15, -0.1) is 0 Å². The van der Waals surface area contributed by atoms with Gasteiger partial charge < -0.3 is 4.74 Å². The monoisotopic (exact) mass is 268 g/mol. The Morgan fingerprint density at radius 1 is 1.21 bits per heavy atom. The molecule has 1 rings (SSSR count). The Bertz CT molecular complexity index is 293. The van der Waals surface area contributed by atoms with Gasteiger partial charge in [-0.1, -0.05) is 41.5 Å². The highest BCUT2D eigenvalue weighted by Crippen LogP contribution is 2.39. The average Bonchev–Trinajstić information content (AvgIpc) is 2.73. The normalized spacial score (nSPS) is 20.6. The summed E-state index contributed by atoms with van der Waals surface area (Å²) in [4.78, 5) is 12.6. The molecule has 1 fully saturated rings. The van der Waals surface area contributed by atoms with E-state index >= 15 is 0 Å². The molecular formula is C17H32O2. The summed E-state index contributed by atoms with van der Waals surface area (Å²) in [5.74, 6) is 0.569. The molecule has 1 saturated carbocycles. The first kappa shape index (κ1) is 16.5. The molecule has 0 aromatic heterocycles. The third kappa shape index (κ3) is 4.50. The van der Waals surface area contributed by atoms with Crippen molar-refractivity contribution < 1.29 is 9.53 Å². The van der Waals surface area contributed by atoms with Crippen molar-refractivity contribution in [1.29, 1.82) is 0 Å². The molecular weight excluding hydrogens is 236 g/mol. The minimum atomic E-state index is -0.155. The first-order chi connectivity index (χ1) is 8.70. The van der Waals surface area contributed by atoms with Gasteiger partial charge in [0.25, 0.3) is 0 Å². The number of ether oxygens (including phenoxy) is 1. The minimum Gasteiger partial charge on any atom is -0.459 e. The molecule has 0 aromatic rings. The third-order valence-corrected chi connectivity index (χ3v) is 4.51. The van der Waals surface area contributed by atoms with Crippen LogP contribution >= 0.6 is 0 Å². The van der Waals surface area contributed by atoms with Gasteiger partial charge in [-0.25, -0.2) is 0 Å². The van der Waals surface area contributed by atoms with Gasteiger partial charge in [0.15, 0.2) is 0 Å². The van der Waals surface area contributed by atoms with Crippen molar-refractivity contribution in [3.63, 3.8) is 0 Å². The zero-order valence-electron chi connectivity index (χ0n) is 13.7. The molecule has 0 bridgehead atoms. The molecule has 0 radical (unpaired) electrons. The molecule has 2 heteroatoms. The number of carbonyl (C=O) groups excluding carboxylic acids is 1. The average molecular weight is 268 g/mol. The fourth-order valence-corrected chi connectivity index (χ4v) is 3.11. The topological polar surface area (TPSA) is 26.3 Å². The summed E-state index contributed by atoms with van der Waals surface area (Å²) in [6, 6.07) is 0. The van der Waals surface area contributed by atoms with Crippen LogP contribution in [0, 0.1) is 17.3 Å². The Morgan fingerprint density at radius 3 is 2.11 bits per heavy atom. The van der Waals surface area contributed by atoms with Gasteiger partial charge in [-0.3, -0.25) is 4.79 Å². The van der Waals surface area contributed by atoms with Crippen LogP contribution < -0.4 is 0 Å². The van der Waals surface area contributed by atoms with Gasteiger partial charge in [-0.05, 0) is 49.9 Å². The second kappa shape index (κ2) is 6.28. The first-order valence-electron chi connectivity index (χ1n) is 7.93. The van der Waals surface area contributed by atoms with E-state index in [4.69, 9.17) is 4.74 Å². The van der Waals surface area contributed by atoms with Crippen molar-refractivity contribution in [3.8, 4) is 0 Å². The molecule has 1 aliphatic rings. The Labute approximate surface area is 119 Å². The van der Waals surface area contributed by atoms with E-state index < -0.39 is 0 Å². The first-order valence-corrected chi connectivity index (χ1v) is 7.93. The van der Waals surface area contributed by atoms with Crippen LogP contribution in [-0.4, -0.2) is 11.6 Å². The van der Waals surface area contributed by atoms with Crippen LogP contribution in [0.15, 0.2) is 0 Å². The summed E-state index contributed by atoms with van der Waals surface area (Å²) in [5, 5.41) is 0. The van der Waals surface area contributed by atoms with Crippen molar-refractivity contribution in [3.05, 3.63) is 0 Å². The Hall–Kier alpha value is -0.530. The van der Waals surface area contributed by atoms with Gasteiger partial charge in [0, 0.05) is 0 Å². The van der Waals surface area contributed by atoms with Crippen molar-refractivity contribution in [2.24, 2.45) is 17.3 Å². The van der Waals surface area contributed by atoms with Crippen molar-refractivity contribution in [1.82, 2.24) is 0 Å². The van der Waals surface area contributed by atoms with E-state index in [1.807, 2.05) is 0 Å². The summed E-state index contributed by atoms with van der Waals surface area (Å²) in [5.41, 5.74) is -0.174. The predicted octanol–water partition coefficient (Wildman–Crippen LogP) is 4.96. The Balaban J connectivity index is 2.76. The molecule has 1 aliphatic carbocycles. The minimum absolute atomic E-state index is 0.0107. The van der Waals surface area contributed by atoms with E-state index in [-0.39, 0.29) is 22.9 Å². The summed E-state index contributed by atoms with van der Waals surface area (Å²) < 4.78 is 6.00. The molecule has 0 aromatic carbocycles. The van der Waals surface area contributed by atoms with E-state index in [1.54, 1.807) is 0 Å². The Kier molecular flexibility index (Phi) is 5.46. The maximum atomic E-state index is 12.6. The highest BCUT2D eigenvalue weighted by atomic mass is 16.6. The lowest BCUT2D eigenvalue weighted by Gasteiger charge is -2.35. The van der Waals surface area contributed by atoms with Gasteiger partial charge >= 0.3 is 5.97 Å². The number of esters is 1. The van der Waals surface area contributed by atoms with Gasteiger partial charge in [-0.2, -0.15) is 0 Å². The lowest BCUT2D eigenvalue weighted by molar-refractivity contribution is -0.169. The van der Waals surface area contributed by atoms with Gasteiger partial charge in [0.2, 0.25) is 0 Å². The van der Waals surface area contributed by atoms with E-state index in [9.17, 15) is 4.79 Å². The van der Waals surface area contributed by atoms with Crippen molar-refractivity contribution in [2.45, 2.75) is 85.7 Å². The molecule has 0 spiro atoms. The smallest absolute Gasteiger partial charge is 0.310 e. The molecule has 0 amide bonds. The van der Waals surface area contributed by atoms with Gasteiger partial charge in [0.05, 0.1) is 5.92 Å². The SMILES string of the molecule is CCC1(OC(=O)[C@@H](CC(C)C)C(C)(C)C)CCCC1. The van der Waals surface area contributed by atoms with Crippen LogP contribution in [-0.2, 0) is 9.53 Å². The van der Waals surface area contributed by atoms with Crippen molar-refractivity contribution in [2.75, 3.05) is 0 Å². The molecule has 19 heavy (non-hydrogen) atoms. The van der Waals surface area contributed by atoms with E-state index in [1.165, 1.54) is 12.8 Å². The zero-order chi connectivity index (χ0) is 14.7. The molecule has 0 unspecified atom stereocenters. The summed E-state index contributed by atoms with van der Waals surface area (Å²) in [6.07, 6.45) is 6.37. The van der Waals surface area contributed by atoms with Crippen LogP contribution in [0.5, 0.6) is 0 Å². The quantitative estimate of drug-likeness (QED) is 0.659. The lowest BCUT2D eigenvalue weighted by atomic mass is 9.76. The van der Waals surface area contributed by atoms with Crippen LogP contribution in [0.3, 0.4) is 0 Å². The second-order valence-corrected chi connectivity index (χ2v) is 7.71. The molecule has 0 saturated heterocycles. The van der Waals surface area contributed by atoms with Crippen LogP contribution in [0.2, 0.25) is 0 Å². The fourth-order valence-electron chi connectivity index (χ4n) is 3.11. The van der Waals surface area contributed by atoms with E-state index in [0.29, 0.717) is 5.92 Å². The number of carbonyl (C=O) groups is 1. The molecule has 112 valence electrons.